The van der Waals surface area contributed by atoms with Gasteiger partial charge in [-0.3, -0.25) is 14.4 Å². The largest absolute Gasteiger partial charge is 0.481 e. The number of ether oxygens (including phenoxy) is 1. The Balaban J connectivity index is 1.67. The molecule has 2 fully saturated rings. The van der Waals surface area contributed by atoms with Gasteiger partial charge < -0.3 is 19.6 Å². The van der Waals surface area contributed by atoms with Crippen molar-refractivity contribution >= 4 is 17.8 Å². The lowest BCUT2D eigenvalue weighted by Crippen LogP contribution is -2.45. The van der Waals surface area contributed by atoms with E-state index in [1.54, 1.807) is 9.80 Å². The number of likely N-dealkylation sites (tertiary alicyclic amines) is 2. The normalized spacial score (nSPS) is 20.1. The standard InChI is InChI=1S/C14H22N2O5/c17-12-2-1-6-16(12)10-13(18)15-7-3-11(4-8-15)21-9-5-14(19)20/h11H,1-10H2,(H,19,20). The average Bonchev–Trinajstić information content (AvgIpc) is 2.84. The van der Waals surface area contributed by atoms with Gasteiger partial charge in [0.25, 0.3) is 0 Å². The molecule has 0 saturated carbocycles. The molecule has 2 rings (SSSR count). The number of carboxylic acids is 1. The number of amides is 2. The first-order valence-corrected chi connectivity index (χ1v) is 7.45. The van der Waals surface area contributed by atoms with Crippen molar-refractivity contribution in [1.82, 2.24) is 9.80 Å². The molecule has 2 saturated heterocycles. The average molecular weight is 298 g/mol. The molecule has 0 aliphatic carbocycles. The monoisotopic (exact) mass is 298 g/mol. The summed E-state index contributed by atoms with van der Waals surface area (Å²) in [4.78, 5) is 37.4. The van der Waals surface area contributed by atoms with E-state index in [-0.39, 0.29) is 37.5 Å². The summed E-state index contributed by atoms with van der Waals surface area (Å²) in [7, 11) is 0. The van der Waals surface area contributed by atoms with Crippen molar-refractivity contribution < 1.29 is 24.2 Å². The second kappa shape index (κ2) is 7.40. The van der Waals surface area contributed by atoms with Crippen LogP contribution in [-0.4, -0.2) is 71.6 Å². The van der Waals surface area contributed by atoms with Crippen LogP contribution in [0.4, 0.5) is 0 Å². The lowest BCUT2D eigenvalue weighted by Gasteiger charge is -2.32. The van der Waals surface area contributed by atoms with Crippen LogP contribution in [0.1, 0.15) is 32.1 Å². The summed E-state index contributed by atoms with van der Waals surface area (Å²) in [5.41, 5.74) is 0. The van der Waals surface area contributed by atoms with Gasteiger partial charge in [0.05, 0.1) is 25.7 Å². The van der Waals surface area contributed by atoms with Gasteiger partial charge in [0.2, 0.25) is 11.8 Å². The van der Waals surface area contributed by atoms with Crippen LogP contribution in [0.3, 0.4) is 0 Å². The van der Waals surface area contributed by atoms with E-state index in [9.17, 15) is 14.4 Å². The fourth-order valence-electron chi connectivity index (χ4n) is 2.72. The molecule has 21 heavy (non-hydrogen) atoms. The second-order valence-electron chi connectivity index (χ2n) is 5.51. The predicted molar refractivity (Wildman–Crippen MR) is 73.6 cm³/mol. The summed E-state index contributed by atoms with van der Waals surface area (Å²) in [6.45, 7) is 2.30. The van der Waals surface area contributed by atoms with Crippen molar-refractivity contribution in [1.29, 1.82) is 0 Å². The molecule has 0 aromatic rings. The SMILES string of the molecule is O=C(O)CCOC1CCN(C(=O)CN2CCCC2=O)CC1. The highest BCUT2D eigenvalue weighted by atomic mass is 16.5. The number of aliphatic carboxylic acids is 1. The molecule has 2 heterocycles. The summed E-state index contributed by atoms with van der Waals surface area (Å²) < 4.78 is 5.49. The molecule has 0 aromatic carbocycles. The molecule has 1 N–H and O–H groups in total. The molecule has 0 radical (unpaired) electrons. The molecule has 0 unspecified atom stereocenters. The zero-order valence-electron chi connectivity index (χ0n) is 12.1. The molecule has 0 aromatic heterocycles. The number of piperidine rings is 1. The van der Waals surface area contributed by atoms with Crippen molar-refractivity contribution in [2.45, 2.75) is 38.2 Å². The third kappa shape index (κ3) is 4.70. The van der Waals surface area contributed by atoms with Crippen LogP contribution in [-0.2, 0) is 19.1 Å². The maximum absolute atomic E-state index is 12.1. The molecule has 7 nitrogen and oxygen atoms in total. The van der Waals surface area contributed by atoms with Crippen LogP contribution in [0.5, 0.6) is 0 Å². The smallest absolute Gasteiger partial charge is 0.305 e. The van der Waals surface area contributed by atoms with Crippen LogP contribution < -0.4 is 0 Å². The van der Waals surface area contributed by atoms with E-state index in [1.807, 2.05) is 0 Å². The van der Waals surface area contributed by atoms with Crippen molar-refractivity contribution in [3.8, 4) is 0 Å². The third-order valence-corrected chi connectivity index (χ3v) is 3.96. The highest BCUT2D eigenvalue weighted by molar-refractivity contribution is 5.85. The minimum atomic E-state index is -0.863. The molecule has 2 aliphatic rings. The van der Waals surface area contributed by atoms with E-state index in [1.165, 1.54) is 0 Å². The van der Waals surface area contributed by atoms with Crippen molar-refractivity contribution in [2.75, 3.05) is 32.8 Å². The number of hydrogen-bond acceptors (Lipinski definition) is 4. The number of hydrogen-bond donors (Lipinski definition) is 1. The van der Waals surface area contributed by atoms with E-state index in [4.69, 9.17) is 9.84 Å². The van der Waals surface area contributed by atoms with Crippen molar-refractivity contribution in [3.05, 3.63) is 0 Å². The van der Waals surface area contributed by atoms with E-state index in [0.717, 1.165) is 19.3 Å². The molecule has 0 spiro atoms. The summed E-state index contributed by atoms with van der Waals surface area (Å²) in [5, 5.41) is 8.55. The van der Waals surface area contributed by atoms with Gasteiger partial charge in [0.15, 0.2) is 0 Å². The van der Waals surface area contributed by atoms with E-state index in [0.29, 0.717) is 26.1 Å². The Morgan fingerprint density at radius 1 is 1.24 bits per heavy atom. The highest BCUT2D eigenvalue weighted by Gasteiger charge is 2.27. The molecule has 7 heteroatoms. The number of carbonyl (C=O) groups excluding carboxylic acids is 2. The maximum atomic E-state index is 12.1. The zero-order chi connectivity index (χ0) is 15.2. The maximum Gasteiger partial charge on any atom is 0.305 e. The Kier molecular flexibility index (Phi) is 5.55. The molecular weight excluding hydrogens is 276 g/mol. The minimum Gasteiger partial charge on any atom is -0.481 e. The van der Waals surface area contributed by atoms with Gasteiger partial charge in [0.1, 0.15) is 0 Å². The first kappa shape index (κ1) is 15.8. The number of carbonyl (C=O) groups is 3. The lowest BCUT2D eigenvalue weighted by atomic mass is 10.1. The number of rotatable bonds is 6. The quantitative estimate of drug-likeness (QED) is 0.751. The Morgan fingerprint density at radius 2 is 1.95 bits per heavy atom. The van der Waals surface area contributed by atoms with Crippen molar-refractivity contribution in [2.24, 2.45) is 0 Å². The van der Waals surface area contributed by atoms with Gasteiger partial charge >= 0.3 is 5.97 Å². The molecular formula is C14H22N2O5. The summed E-state index contributed by atoms with van der Waals surface area (Å²) >= 11 is 0. The second-order valence-corrected chi connectivity index (χ2v) is 5.51. The minimum absolute atomic E-state index is 0.00534. The first-order chi connectivity index (χ1) is 10.1. The molecule has 118 valence electrons. The van der Waals surface area contributed by atoms with E-state index >= 15 is 0 Å². The summed E-state index contributed by atoms with van der Waals surface area (Å²) in [6, 6.07) is 0. The lowest BCUT2D eigenvalue weighted by molar-refractivity contribution is -0.141. The fourth-order valence-corrected chi connectivity index (χ4v) is 2.72. The molecule has 2 aliphatic heterocycles. The van der Waals surface area contributed by atoms with Gasteiger partial charge in [-0.25, -0.2) is 0 Å². The Labute approximate surface area is 123 Å². The van der Waals surface area contributed by atoms with Gasteiger partial charge in [-0.05, 0) is 19.3 Å². The Morgan fingerprint density at radius 3 is 2.52 bits per heavy atom. The van der Waals surface area contributed by atoms with Gasteiger partial charge in [-0.2, -0.15) is 0 Å². The van der Waals surface area contributed by atoms with Crippen LogP contribution >= 0.6 is 0 Å². The Hall–Kier alpha value is -1.63. The van der Waals surface area contributed by atoms with Gasteiger partial charge in [0, 0.05) is 26.1 Å². The van der Waals surface area contributed by atoms with Gasteiger partial charge in [-0.15, -0.1) is 0 Å². The van der Waals surface area contributed by atoms with Crippen LogP contribution in [0, 0.1) is 0 Å². The number of nitrogens with zero attached hydrogens (tertiary/aromatic N) is 2. The molecule has 0 atom stereocenters. The number of carboxylic acid groups (broad SMARTS) is 1. The zero-order valence-corrected chi connectivity index (χ0v) is 12.1. The van der Waals surface area contributed by atoms with Crippen molar-refractivity contribution in [3.63, 3.8) is 0 Å². The Bertz CT molecular complexity index is 404. The first-order valence-electron chi connectivity index (χ1n) is 7.45. The van der Waals surface area contributed by atoms with Gasteiger partial charge in [-0.1, -0.05) is 0 Å². The summed E-state index contributed by atoms with van der Waals surface area (Å²) in [5.74, 6) is -0.803. The van der Waals surface area contributed by atoms with Crippen LogP contribution in [0.2, 0.25) is 0 Å². The highest BCUT2D eigenvalue weighted by Crippen LogP contribution is 2.15. The predicted octanol–water partition coefficient (Wildman–Crippen LogP) is 0.0911. The topological polar surface area (TPSA) is 87.2 Å². The third-order valence-electron chi connectivity index (χ3n) is 3.96. The molecule has 0 bridgehead atoms. The van der Waals surface area contributed by atoms with E-state index in [2.05, 4.69) is 0 Å². The van der Waals surface area contributed by atoms with Crippen LogP contribution in [0.15, 0.2) is 0 Å². The molecule has 2 amide bonds. The summed E-state index contributed by atoms with van der Waals surface area (Å²) in [6.07, 6.45) is 2.87. The van der Waals surface area contributed by atoms with E-state index < -0.39 is 5.97 Å². The van der Waals surface area contributed by atoms with Crippen LogP contribution in [0.25, 0.3) is 0 Å². The fraction of sp³-hybridized carbons (Fsp3) is 0.786.